The molecule has 29 heavy (non-hydrogen) atoms. The van der Waals surface area contributed by atoms with Crippen molar-refractivity contribution < 1.29 is 9.53 Å². The zero-order valence-electron chi connectivity index (χ0n) is 16.4. The van der Waals surface area contributed by atoms with Gasteiger partial charge in [0.05, 0.1) is 18.9 Å². The Bertz CT molecular complexity index is 861. The van der Waals surface area contributed by atoms with E-state index in [4.69, 9.17) is 16.3 Å². The lowest BCUT2D eigenvalue weighted by molar-refractivity contribution is -0.130. The molecule has 7 heteroatoms. The summed E-state index contributed by atoms with van der Waals surface area (Å²) in [5.41, 5.74) is 2.07. The van der Waals surface area contributed by atoms with Crippen LogP contribution in [0, 0.1) is 11.3 Å². The number of rotatable bonds is 7. The quantitative estimate of drug-likeness (QED) is 0.666. The first kappa shape index (κ1) is 21.5. The molecule has 1 heterocycles. The van der Waals surface area contributed by atoms with Crippen LogP contribution in [-0.4, -0.2) is 54.7 Å². The number of amides is 1. The second-order valence-electron chi connectivity index (χ2n) is 6.84. The fourth-order valence-electron chi connectivity index (χ4n) is 3.36. The number of methoxy groups -OCH3 is 1. The van der Waals surface area contributed by atoms with E-state index in [1.54, 1.807) is 18.9 Å². The van der Waals surface area contributed by atoms with Gasteiger partial charge in [-0.2, -0.15) is 5.26 Å². The molecule has 152 valence electrons. The number of carbonyl (C=O) groups is 1. The molecule has 3 rings (SSSR count). The summed E-state index contributed by atoms with van der Waals surface area (Å²) in [7, 11) is 1.63. The zero-order chi connectivity index (χ0) is 20.6. The molecule has 1 saturated heterocycles. The summed E-state index contributed by atoms with van der Waals surface area (Å²) in [5.74, 6) is 2.14. The molecule has 2 aromatic rings. The minimum Gasteiger partial charge on any atom is -0.497 e. The molecule has 1 unspecified atom stereocenters. The van der Waals surface area contributed by atoms with E-state index >= 15 is 0 Å². The van der Waals surface area contributed by atoms with Crippen molar-refractivity contribution in [2.75, 3.05) is 39.0 Å². The fraction of sp³-hybridized carbons (Fsp3) is 0.364. The van der Waals surface area contributed by atoms with Crippen LogP contribution in [0.4, 0.5) is 0 Å². The number of nitriles is 1. The predicted octanol–water partition coefficient (Wildman–Crippen LogP) is 3.99. The molecule has 0 saturated carbocycles. The summed E-state index contributed by atoms with van der Waals surface area (Å²) in [5, 5.41) is 10.4. The van der Waals surface area contributed by atoms with E-state index in [-0.39, 0.29) is 11.9 Å². The van der Waals surface area contributed by atoms with Gasteiger partial charge in [-0.25, -0.2) is 0 Å². The standard InChI is InChI=1S/C22H24ClN3O2S/c1-28-20-7-5-18(6-8-20)21(14-24)25-9-11-26(12-10-25)22(27)16-29-15-17-3-2-4-19(23)13-17/h2-8,13,21H,9-12,15-16H2,1H3. The van der Waals surface area contributed by atoms with E-state index < -0.39 is 0 Å². The number of benzene rings is 2. The third-order valence-electron chi connectivity index (χ3n) is 4.97. The maximum absolute atomic E-state index is 12.5. The van der Waals surface area contributed by atoms with Crippen molar-refractivity contribution in [1.82, 2.24) is 9.80 Å². The van der Waals surface area contributed by atoms with Gasteiger partial charge >= 0.3 is 0 Å². The molecule has 1 aliphatic rings. The Kier molecular flexibility index (Phi) is 7.82. The van der Waals surface area contributed by atoms with E-state index in [0.29, 0.717) is 31.9 Å². The zero-order valence-corrected chi connectivity index (χ0v) is 18.0. The topological polar surface area (TPSA) is 56.6 Å². The van der Waals surface area contributed by atoms with Gasteiger partial charge in [0.15, 0.2) is 0 Å². The predicted molar refractivity (Wildman–Crippen MR) is 117 cm³/mol. The smallest absolute Gasteiger partial charge is 0.232 e. The highest BCUT2D eigenvalue weighted by molar-refractivity contribution is 7.99. The number of ether oxygens (including phenoxy) is 1. The highest BCUT2D eigenvalue weighted by Crippen LogP contribution is 2.24. The van der Waals surface area contributed by atoms with E-state index in [2.05, 4.69) is 11.0 Å². The van der Waals surface area contributed by atoms with Crippen molar-refractivity contribution in [2.45, 2.75) is 11.8 Å². The highest BCUT2D eigenvalue weighted by atomic mass is 35.5. The van der Waals surface area contributed by atoms with Crippen LogP contribution < -0.4 is 4.74 Å². The maximum atomic E-state index is 12.5. The molecular weight excluding hydrogens is 406 g/mol. The Morgan fingerprint density at radius 1 is 1.21 bits per heavy atom. The normalized spacial score (nSPS) is 15.6. The number of nitrogens with zero attached hydrogens (tertiary/aromatic N) is 3. The third kappa shape index (κ3) is 5.89. The average molecular weight is 430 g/mol. The highest BCUT2D eigenvalue weighted by Gasteiger charge is 2.27. The summed E-state index contributed by atoms with van der Waals surface area (Å²) < 4.78 is 5.19. The lowest BCUT2D eigenvalue weighted by Crippen LogP contribution is -2.50. The Morgan fingerprint density at radius 2 is 1.93 bits per heavy atom. The molecule has 1 fully saturated rings. The van der Waals surface area contributed by atoms with Gasteiger partial charge in [-0.3, -0.25) is 9.69 Å². The summed E-state index contributed by atoms with van der Waals surface area (Å²) in [4.78, 5) is 16.5. The Hall–Kier alpha value is -2.20. The minimum absolute atomic E-state index is 0.148. The average Bonchev–Trinajstić information content (AvgIpc) is 2.75. The van der Waals surface area contributed by atoms with Gasteiger partial charge in [0.25, 0.3) is 0 Å². The molecule has 0 aliphatic carbocycles. The van der Waals surface area contributed by atoms with E-state index in [1.807, 2.05) is 53.4 Å². The van der Waals surface area contributed by atoms with Gasteiger partial charge < -0.3 is 9.64 Å². The van der Waals surface area contributed by atoms with Crippen LogP contribution >= 0.6 is 23.4 Å². The van der Waals surface area contributed by atoms with Crippen molar-refractivity contribution in [2.24, 2.45) is 0 Å². The SMILES string of the molecule is COc1ccc(C(C#N)N2CCN(C(=O)CSCc3cccc(Cl)c3)CC2)cc1. The van der Waals surface area contributed by atoms with Gasteiger partial charge in [0, 0.05) is 37.0 Å². The molecule has 5 nitrogen and oxygen atoms in total. The van der Waals surface area contributed by atoms with Crippen LogP contribution in [0.5, 0.6) is 5.75 Å². The van der Waals surface area contributed by atoms with Crippen LogP contribution in [-0.2, 0) is 10.5 Å². The summed E-state index contributed by atoms with van der Waals surface area (Å²) >= 11 is 7.60. The Morgan fingerprint density at radius 3 is 2.55 bits per heavy atom. The van der Waals surface area contributed by atoms with Crippen LogP contribution in [0.1, 0.15) is 17.2 Å². The largest absolute Gasteiger partial charge is 0.497 e. The first-order valence-electron chi connectivity index (χ1n) is 9.48. The first-order chi connectivity index (χ1) is 14.1. The molecule has 1 aliphatic heterocycles. The van der Waals surface area contributed by atoms with Crippen LogP contribution in [0.25, 0.3) is 0 Å². The molecule has 0 N–H and O–H groups in total. The summed E-state index contributed by atoms with van der Waals surface area (Å²) in [6.45, 7) is 2.67. The first-order valence-corrected chi connectivity index (χ1v) is 11.0. The second-order valence-corrected chi connectivity index (χ2v) is 8.27. The minimum atomic E-state index is -0.310. The number of hydrogen-bond donors (Lipinski definition) is 0. The van der Waals surface area contributed by atoms with Gasteiger partial charge in [0.1, 0.15) is 11.8 Å². The van der Waals surface area contributed by atoms with E-state index in [0.717, 1.165) is 27.7 Å². The molecular formula is C22H24ClN3O2S. The molecule has 0 radical (unpaired) electrons. The summed E-state index contributed by atoms with van der Waals surface area (Å²) in [6.07, 6.45) is 0. The van der Waals surface area contributed by atoms with Crippen LogP contribution in [0.3, 0.4) is 0 Å². The number of piperazine rings is 1. The number of halogens is 1. The van der Waals surface area contributed by atoms with E-state index in [9.17, 15) is 10.1 Å². The molecule has 2 aromatic carbocycles. The molecule has 0 bridgehead atoms. The summed E-state index contributed by atoms with van der Waals surface area (Å²) in [6, 6.07) is 17.4. The Balaban J connectivity index is 1.47. The van der Waals surface area contributed by atoms with Gasteiger partial charge in [-0.1, -0.05) is 35.9 Å². The monoisotopic (exact) mass is 429 g/mol. The molecule has 1 amide bonds. The van der Waals surface area contributed by atoms with Crippen molar-refractivity contribution in [3.63, 3.8) is 0 Å². The molecule has 1 atom stereocenters. The van der Waals surface area contributed by atoms with Crippen molar-refractivity contribution in [3.05, 3.63) is 64.7 Å². The lowest BCUT2D eigenvalue weighted by atomic mass is 10.1. The second kappa shape index (κ2) is 10.5. The Labute approximate surface area is 181 Å². The van der Waals surface area contributed by atoms with Crippen LogP contribution in [0.2, 0.25) is 5.02 Å². The number of thioether (sulfide) groups is 1. The fourth-order valence-corrected chi connectivity index (χ4v) is 4.44. The number of carbonyl (C=O) groups excluding carboxylic acids is 1. The van der Waals surface area contributed by atoms with Crippen LogP contribution in [0.15, 0.2) is 48.5 Å². The number of hydrogen-bond acceptors (Lipinski definition) is 5. The third-order valence-corrected chi connectivity index (χ3v) is 6.19. The van der Waals surface area contributed by atoms with Crippen molar-refractivity contribution in [3.8, 4) is 11.8 Å². The molecule has 0 spiro atoms. The van der Waals surface area contributed by atoms with Gasteiger partial charge in [-0.05, 0) is 35.4 Å². The lowest BCUT2D eigenvalue weighted by Gasteiger charge is -2.37. The van der Waals surface area contributed by atoms with Crippen molar-refractivity contribution in [1.29, 1.82) is 5.26 Å². The van der Waals surface area contributed by atoms with Gasteiger partial charge in [-0.15, -0.1) is 11.8 Å². The molecule has 0 aromatic heterocycles. The van der Waals surface area contributed by atoms with Gasteiger partial charge in [0.2, 0.25) is 5.91 Å². The maximum Gasteiger partial charge on any atom is 0.232 e. The van der Waals surface area contributed by atoms with E-state index in [1.165, 1.54) is 0 Å². The van der Waals surface area contributed by atoms with Crippen molar-refractivity contribution >= 4 is 29.3 Å².